The Morgan fingerprint density at radius 3 is 2.16 bits per heavy atom. The van der Waals surface area contributed by atoms with E-state index in [2.05, 4.69) is 0 Å². The molecule has 5 nitrogen and oxygen atoms in total. The lowest BCUT2D eigenvalue weighted by Gasteiger charge is -2.35. The molecule has 0 N–H and O–H groups in total. The molecule has 1 heterocycles. The van der Waals surface area contributed by atoms with Gasteiger partial charge in [0.05, 0.1) is 19.8 Å². The van der Waals surface area contributed by atoms with Crippen molar-refractivity contribution in [3.63, 3.8) is 0 Å². The lowest BCUT2D eigenvalue weighted by molar-refractivity contribution is 0.0600. The highest BCUT2D eigenvalue weighted by molar-refractivity contribution is 5.94. The van der Waals surface area contributed by atoms with Gasteiger partial charge >= 0.3 is 5.97 Å². The van der Waals surface area contributed by atoms with Crippen molar-refractivity contribution in [2.75, 3.05) is 27.3 Å². The molecule has 1 aliphatic carbocycles. The highest BCUT2D eigenvalue weighted by atomic mass is 16.5. The van der Waals surface area contributed by atoms with Crippen LogP contribution in [-0.4, -0.2) is 44.1 Å². The van der Waals surface area contributed by atoms with Gasteiger partial charge in [0.25, 0.3) is 5.91 Å². The summed E-state index contributed by atoms with van der Waals surface area (Å²) in [4.78, 5) is 26.8. The molecule has 174 valence electrons. The number of hydrogen-bond acceptors (Lipinski definition) is 4. The van der Waals surface area contributed by atoms with E-state index in [1.54, 1.807) is 7.11 Å². The summed E-state index contributed by atoms with van der Waals surface area (Å²) in [7, 11) is 3.02. The van der Waals surface area contributed by atoms with E-state index in [9.17, 15) is 9.59 Å². The number of fused-ring (bicyclic) bond motifs is 1. The molecule has 2 aliphatic rings. The van der Waals surface area contributed by atoms with Crippen LogP contribution in [0, 0.1) is 5.41 Å². The summed E-state index contributed by atoms with van der Waals surface area (Å²) in [6.45, 7) is 9.54. The third-order valence-electron chi connectivity index (χ3n) is 6.18. The van der Waals surface area contributed by atoms with Crippen LogP contribution in [-0.2, 0) is 17.6 Å². The van der Waals surface area contributed by atoms with Gasteiger partial charge in [0.15, 0.2) is 0 Å². The predicted octanol–water partition coefficient (Wildman–Crippen LogP) is 5.56. The van der Waals surface area contributed by atoms with E-state index in [0.717, 1.165) is 44.5 Å². The Hall–Kier alpha value is -2.82. The summed E-state index contributed by atoms with van der Waals surface area (Å²) in [5.74, 6) is 0.526. The number of ether oxygens (including phenoxy) is 2. The molecule has 32 heavy (non-hydrogen) atoms. The molecule has 5 heteroatoms. The molecule has 1 aliphatic heterocycles. The summed E-state index contributed by atoms with van der Waals surface area (Å²) >= 11 is 0. The maximum absolute atomic E-state index is 12.9. The predicted molar refractivity (Wildman–Crippen MR) is 128 cm³/mol. The number of rotatable bonds is 3. The lowest BCUT2D eigenvalue weighted by atomic mass is 9.71. The molecule has 0 saturated carbocycles. The summed E-state index contributed by atoms with van der Waals surface area (Å²) in [5.41, 5.74) is 3.92. The smallest absolute Gasteiger partial charge is 0.337 e. The van der Waals surface area contributed by atoms with Gasteiger partial charge in [-0.1, -0.05) is 33.8 Å². The molecule has 0 aromatic heterocycles. The third-order valence-corrected chi connectivity index (χ3v) is 6.18. The molecule has 4 rings (SSSR count). The number of methoxy groups -OCH3 is 2. The molecular weight excluding hydrogens is 402 g/mol. The van der Waals surface area contributed by atoms with Crippen molar-refractivity contribution in [3.8, 4) is 5.75 Å². The molecule has 1 saturated heterocycles. The average Bonchev–Trinajstić information content (AvgIpc) is 3.28. The second-order valence-electron chi connectivity index (χ2n) is 7.86. The SMILES string of the molecule is CC.CC.COC(=O)c1ccc2c(c1)CC1(CC2)CCN(C(=O)c2ccc(OC)cc2)C1. The van der Waals surface area contributed by atoms with Gasteiger partial charge in [-0.2, -0.15) is 0 Å². The first-order valence-corrected chi connectivity index (χ1v) is 11.7. The van der Waals surface area contributed by atoms with E-state index in [0.29, 0.717) is 11.1 Å². The van der Waals surface area contributed by atoms with Crippen molar-refractivity contribution in [1.29, 1.82) is 0 Å². The van der Waals surface area contributed by atoms with E-state index in [1.807, 2.05) is 75.1 Å². The van der Waals surface area contributed by atoms with Gasteiger partial charge < -0.3 is 14.4 Å². The lowest BCUT2D eigenvalue weighted by Crippen LogP contribution is -2.35. The van der Waals surface area contributed by atoms with E-state index in [1.165, 1.54) is 18.2 Å². The van der Waals surface area contributed by atoms with Crippen LogP contribution >= 0.6 is 0 Å². The summed E-state index contributed by atoms with van der Waals surface area (Å²) < 4.78 is 10.0. The molecule has 1 atom stereocenters. The van der Waals surface area contributed by atoms with Gasteiger partial charge in [0, 0.05) is 18.7 Å². The number of benzene rings is 2. The summed E-state index contributed by atoms with van der Waals surface area (Å²) in [5, 5.41) is 0. The Kier molecular flexibility index (Phi) is 9.30. The molecule has 0 bridgehead atoms. The number of amides is 1. The van der Waals surface area contributed by atoms with E-state index < -0.39 is 0 Å². The van der Waals surface area contributed by atoms with Gasteiger partial charge in [-0.25, -0.2) is 4.79 Å². The number of esters is 1. The Morgan fingerprint density at radius 2 is 1.53 bits per heavy atom. The number of carbonyl (C=O) groups is 2. The first kappa shape index (κ1) is 25.4. The quantitative estimate of drug-likeness (QED) is 0.588. The Labute approximate surface area is 192 Å². The van der Waals surface area contributed by atoms with Crippen LogP contribution in [0.15, 0.2) is 42.5 Å². The molecule has 1 amide bonds. The summed E-state index contributed by atoms with van der Waals surface area (Å²) in [6, 6.07) is 13.2. The summed E-state index contributed by atoms with van der Waals surface area (Å²) in [6.07, 6.45) is 3.96. The van der Waals surface area contributed by atoms with Gasteiger partial charge in [-0.15, -0.1) is 0 Å². The molecule has 1 unspecified atom stereocenters. The minimum Gasteiger partial charge on any atom is -0.497 e. The fraction of sp³-hybridized carbons (Fsp3) is 0.481. The van der Waals surface area contributed by atoms with E-state index >= 15 is 0 Å². The van der Waals surface area contributed by atoms with Gasteiger partial charge in [0.1, 0.15) is 5.75 Å². The fourth-order valence-corrected chi connectivity index (χ4v) is 4.54. The number of likely N-dealkylation sites (tertiary alicyclic amines) is 1. The van der Waals surface area contributed by atoms with Crippen LogP contribution in [0.2, 0.25) is 0 Å². The molecule has 1 spiro atoms. The van der Waals surface area contributed by atoms with Crippen molar-refractivity contribution in [3.05, 3.63) is 64.7 Å². The minimum atomic E-state index is -0.301. The molecule has 0 radical (unpaired) electrons. The molecule has 1 fully saturated rings. The fourth-order valence-electron chi connectivity index (χ4n) is 4.54. The Morgan fingerprint density at radius 1 is 0.875 bits per heavy atom. The zero-order valence-electron chi connectivity index (χ0n) is 20.4. The minimum absolute atomic E-state index is 0.0774. The first-order chi connectivity index (χ1) is 15.5. The highest BCUT2D eigenvalue weighted by Crippen LogP contribution is 2.43. The van der Waals surface area contributed by atoms with Crippen molar-refractivity contribution < 1.29 is 19.1 Å². The number of hydrogen-bond donors (Lipinski definition) is 0. The Balaban J connectivity index is 0.000000860. The van der Waals surface area contributed by atoms with E-state index in [-0.39, 0.29) is 17.3 Å². The standard InChI is InChI=1S/C23H25NO4.2C2H6/c1-27-20-7-5-17(6-8-20)21(25)24-12-11-23(15-24)10-9-16-3-4-18(22(26)28-2)13-19(16)14-23;2*1-2/h3-8,13H,9-12,14-15H2,1-2H3;2*1-2H3. The zero-order valence-corrected chi connectivity index (χ0v) is 20.4. The third kappa shape index (κ3) is 5.50. The van der Waals surface area contributed by atoms with Crippen molar-refractivity contribution in [1.82, 2.24) is 4.90 Å². The largest absolute Gasteiger partial charge is 0.497 e. The number of carbonyl (C=O) groups excluding carboxylic acids is 2. The second kappa shape index (κ2) is 11.7. The van der Waals surface area contributed by atoms with Crippen LogP contribution < -0.4 is 4.74 Å². The van der Waals surface area contributed by atoms with Crippen LogP contribution in [0.5, 0.6) is 5.75 Å². The van der Waals surface area contributed by atoms with E-state index in [4.69, 9.17) is 9.47 Å². The van der Waals surface area contributed by atoms with Crippen molar-refractivity contribution >= 4 is 11.9 Å². The number of nitrogens with zero attached hydrogens (tertiary/aromatic N) is 1. The van der Waals surface area contributed by atoms with Gasteiger partial charge in [0.2, 0.25) is 0 Å². The van der Waals surface area contributed by atoms with Gasteiger partial charge in [-0.3, -0.25) is 4.79 Å². The van der Waals surface area contributed by atoms with Crippen molar-refractivity contribution in [2.45, 2.75) is 53.4 Å². The van der Waals surface area contributed by atoms with Crippen molar-refractivity contribution in [2.24, 2.45) is 5.41 Å². The zero-order chi connectivity index (χ0) is 23.7. The van der Waals surface area contributed by atoms with Crippen LogP contribution in [0.3, 0.4) is 0 Å². The van der Waals surface area contributed by atoms with Gasteiger partial charge in [-0.05, 0) is 78.6 Å². The highest BCUT2D eigenvalue weighted by Gasteiger charge is 2.42. The monoisotopic (exact) mass is 439 g/mol. The molecular formula is C27H37NO4. The molecule has 2 aromatic carbocycles. The average molecular weight is 440 g/mol. The van der Waals surface area contributed by atoms with Crippen LogP contribution in [0.4, 0.5) is 0 Å². The van der Waals surface area contributed by atoms with Crippen LogP contribution in [0.1, 0.15) is 72.4 Å². The maximum atomic E-state index is 12.9. The van der Waals surface area contributed by atoms with Crippen LogP contribution in [0.25, 0.3) is 0 Å². The molecule has 2 aromatic rings. The second-order valence-corrected chi connectivity index (χ2v) is 7.86. The Bertz CT molecular complexity index is 906. The first-order valence-electron chi connectivity index (χ1n) is 11.7. The topological polar surface area (TPSA) is 55.8 Å². The normalized spacial score (nSPS) is 18.5. The maximum Gasteiger partial charge on any atom is 0.337 e. The number of aryl methyl sites for hydroxylation is 1.